The second-order valence-electron chi connectivity index (χ2n) is 8.34. The lowest BCUT2D eigenvalue weighted by molar-refractivity contribution is 0.646. The van der Waals surface area contributed by atoms with Crippen molar-refractivity contribution < 1.29 is 4.21 Å². The first-order chi connectivity index (χ1) is 15.0. The molecule has 0 bridgehead atoms. The Kier molecular flexibility index (Phi) is 6.44. The summed E-state index contributed by atoms with van der Waals surface area (Å²) in [6, 6.07) is 20.9. The van der Waals surface area contributed by atoms with Crippen molar-refractivity contribution in [3.63, 3.8) is 0 Å². The standard InChI is InChI=1S/C26H31N3OS/c1-19-13-14-25-26(20(19)2)29(23-11-5-6-12-24(23)31(25)30)16-8-15-27-18-21-9-7-10-22(17-21)28(3)4/h5-7,9-14,17,27H,8,15-16,18H2,1-4H3. The topological polar surface area (TPSA) is 35.6 Å². The summed E-state index contributed by atoms with van der Waals surface area (Å²) in [6.07, 6.45) is 1.00. The normalized spacial score (nSPS) is 14.8. The molecule has 5 heteroatoms. The van der Waals surface area contributed by atoms with Gasteiger partial charge in [0, 0.05) is 32.9 Å². The quantitative estimate of drug-likeness (QED) is 0.522. The van der Waals surface area contributed by atoms with E-state index in [1.54, 1.807) is 0 Å². The molecule has 0 saturated carbocycles. The van der Waals surface area contributed by atoms with Gasteiger partial charge in [-0.15, -0.1) is 0 Å². The summed E-state index contributed by atoms with van der Waals surface area (Å²) in [5.74, 6) is 0. The highest BCUT2D eigenvalue weighted by atomic mass is 32.2. The first kappa shape index (κ1) is 21.6. The molecule has 1 atom stereocenters. The molecule has 1 aliphatic rings. The first-order valence-corrected chi connectivity index (χ1v) is 12.0. The Bertz CT molecular complexity index is 1110. The van der Waals surface area contributed by atoms with Gasteiger partial charge >= 0.3 is 0 Å². The second kappa shape index (κ2) is 9.25. The zero-order chi connectivity index (χ0) is 22.0. The predicted octanol–water partition coefficient (Wildman–Crippen LogP) is 5.17. The third-order valence-electron chi connectivity index (χ3n) is 5.98. The molecule has 1 N–H and O–H groups in total. The van der Waals surface area contributed by atoms with Crippen LogP contribution in [0.4, 0.5) is 17.1 Å². The summed E-state index contributed by atoms with van der Waals surface area (Å²) in [5.41, 5.74) is 7.16. The fraction of sp³-hybridized carbons (Fsp3) is 0.308. The lowest BCUT2D eigenvalue weighted by Gasteiger charge is -2.34. The van der Waals surface area contributed by atoms with E-state index in [1.807, 2.05) is 24.3 Å². The highest BCUT2D eigenvalue weighted by Crippen LogP contribution is 2.44. The van der Waals surface area contributed by atoms with Gasteiger partial charge in [0.15, 0.2) is 0 Å². The van der Waals surface area contributed by atoms with Crippen molar-refractivity contribution in [3.8, 4) is 0 Å². The van der Waals surface area contributed by atoms with Crippen molar-refractivity contribution in [2.24, 2.45) is 0 Å². The molecule has 1 aliphatic heterocycles. The zero-order valence-corrected chi connectivity index (χ0v) is 19.6. The minimum atomic E-state index is -1.13. The number of aryl methyl sites for hydroxylation is 1. The highest BCUT2D eigenvalue weighted by molar-refractivity contribution is 7.85. The summed E-state index contributed by atoms with van der Waals surface area (Å²) < 4.78 is 13.2. The molecule has 3 aromatic carbocycles. The van der Waals surface area contributed by atoms with Gasteiger partial charge in [-0.2, -0.15) is 0 Å². The first-order valence-electron chi connectivity index (χ1n) is 10.8. The largest absolute Gasteiger partial charge is 0.378 e. The zero-order valence-electron chi connectivity index (χ0n) is 18.8. The van der Waals surface area contributed by atoms with Gasteiger partial charge in [-0.1, -0.05) is 30.3 Å². The average molecular weight is 434 g/mol. The van der Waals surface area contributed by atoms with Crippen LogP contribution in [0.3, 0.4) is 0 Å². The summed E-state index contributed by atoms with van der Waals surface area (Å²) in [7, 11) is 3.00. The Hall–Kier alpha value is -2.63. The van der Waals surface area contributed by atoms with Crippen LogP contribution in [0.2, 0.25) is 0 Å². The van der Waals surface area contributed by atoms with Gasteiger partial charge in [0.05, 0.1) is 32.0 Å². The van der Waals surface area contributed by atoms with Gasteiger partial charge in [0.25, 0.3) is 0 Å². The number of hydrogen-bond donors (Lipinski definition) is 1. The van der Waals surface area contributed by atoms with Crippen LogP contribution in [-0.2, 0) is 17.3 Å². The average Bonchev–Trinajstić information content (AvgIpc) is 2.78. The van der Waals surface area contributed by atoms with Crippen LogP contribution in [-0.4, -0.2) is 31.4 Å². The number of hydrogen-bond acceptors (Lipinski definition) is 4. The lowest BCUT2D eigenvalue weighted by atomic mass is 10.1. The third kappa shape index (κ3) is 4.39. The second-order valence-corrected chi connectivity index (χ2v) is 9.75. The maximum absolute atomic E-state index is 13.2. The molecule has 3 aromatic rings. The minimum Gasteiger partial charge on any atom is -0.378 e. The van der Waals surface area contributed by atoms with E-state index >= 15 is 0 Å². The molecule has 0 saturated heterocycles. The Balaban J connectivity index is 1.47. The van der Waals surface area contributed by atoms with Crippen LogP contribution >= 0.6 is 0 Å². The van der Waals surface area contributed by atoms with E-state index in [9.17, 15) is 4.21 Å². The number of benzene rings is 3. The molecule has 1 heterocycles. The fourth-order valence-electron chi connectivity index (χ4n) is 4.11. The maximum Gasteiger partial charge on any atom is 0.0892 e. The van der Waals surface area contributed by atoms with E-state index in [2.05, 4.69) is 79.5 Å². The molecular weight excluding hydrogens is 402 g/mol. The van der Waals surface area contributed by atoms with Gasteiger partial charge in [-0.3, -0.25) is 0 Å². The van der Waals surface area contributed by atoms with Gasteiger partial charge in [0.1, 0.15) is 0 Å². The maximum atomic E-state index is 13.2. The van der Waals surface area contributed by atoms with Crippen molar-refractivity contribution in [1.29, 1.82) is 0 Å². The van der Waals surface area contributed by atoms with Crippen LogP contribution in [0.25, 0.3) is 0 Å². The number of fused-ring (bicyclic) bond motifs is 2. The smallest absolute Gasteiger partial charge is 0.0892 e. The SMILES string of the molecule is Cc1ccc2c(c1C)N(CCCNCc1cccc(N(C)C)c1)c1ccccc1S2=O. The van der Waals surface area contributed by atoms with E-state index in [-0.39, 0.29) is 0 Å². The predicted molar refractivity (Wildman–Crippen MR) is 131 cm³/mol. The Morgan fingerprint density at radius 3 is 2.58 bits per heavy atom. The van der Waals surface area contributed by atoms with Crippen LogP contribution in [0.5, 0.6) is 0 Å². The molecule has 0 aromatic heterocycles. The van der Waals surface area contributed by atoms with E-state index in [4.69, 9.17) is 0 Å². The van der Waals surface area contributed by atoms with Gasteiger partial charge < -0.3 is 15.1 Å². The molecule has 162 valence electrons. The molecule has 4 rings (SSSR count). The van der Waals surface area contributed by atoms with Gasteiger partial charge in [-0.25, -0.2) is 4.21 Å². The van der Waals surface area contributed by atoms with Gasteiger partial charge in [-0.05, 0) is 73.8 Å². The highest BCUT2D eigenvalue weighted by Gasteiger charge is 2.29. The molecule has 0 radical (unpaired) electrons. The number of anilines is 3. The Labute approximate surface area is 188 Å². The number of para-hydroxylation sites is 1. The molecule has 31 heavy (non-hydrogen) atoms. The number of rotatable bonds is 7. The molecule has 4 nitrogen and oxygen atoms in total. The van der Waals surface area contributed by atoms with Crippen LogP contribution in [0.15, 0.2) is 70.5 Å². The molecule has 0 amide bonds. The summed E-state index contributed by atoms with van der Waals surface area (Å²) in [5, 5.41) is 3.58. The van der Waals surface area contributed by atoms with E-state index in [0.717, 1.165) is 47.2 Å². The van der Waals surface area contributed by atoms with Crippen molar-refractivity contribution in [2.75, 3.05) is 37.0 Å². The van der Waals surface area contributed by atoms with Crippen LogP contribution in [0.1, 0.15) is 23.1 Å². The van der Waals surface area contributed by atoms with Crippen molar-refractivity contribution in [2.45, 2.75) is 36.6 Å². The lowest BCUT2D eigenvalue weighted by Crippen LogP contribution is -2.28. The number of nitrogens with one attached hydrogen (secondary N) is 1. The van der Waals surface area contributed by atoms with E-state index in [1.165, 1.54) is 22.4 Å². The summed E-state index contributed by atoms with van der Waals surface area (Å²) in [4.78, 5) is 6.33. The molecule has 0 aliphatic carbocycles. The number of nitrogens with zero attached hydrogens (tertiary/aromatic N) is 2. The molecule has 1 unspecified atom stereocenters. The monoisotopic (exact) mass is 433 g/mol. The van der Waals surface area contributed by atoms with Crippen molar-refractivity contribution in [1.82, 2.24) is 5.32 Å². The molecule has 0 fully saturated rings. The molecule has 0 spiro atoms. The minimum absolute atomic E-state index is 0.858. The Morgan fingerprint density at radius 1 is 0.968 bits per heavy atom. The van der Waals surface area contributed by atoms with Crippen molar-refractivity contribution in [3.05, 3.63) is 77.4 Å². The van der Waals surface area contributed by atoms with Crippen molar-refractivity contribution >= 4 is 27.9 Å². The van der Waals surface area contributed by atoms with Crippen LogP contribution in [0, 0.1) is 13.8 Å². The van der Waals surface area contributed by atoms with E-state index in [0.29, 0.717) is 0 Å². The third-order valence-corrected chi connectivity index (χ3v) is 7.46. The van der Waals surface area contributed by atoms with Crippen LogP contribution < -0.4 is 15.1 Å². The van der Waals surface area contributed by atoms with Gasteiger partial charge in [0.2, 0.25) is 0 Å². The summed E-state index contributed by atoms with van der Waals surface area (Å²) >= 11 is 0. The Morgan fingerprint density at radius 2 is 1.77 bits per heavy atom. The summed E-state index contributed by atoms with van der Waals surface area (Å²) in [6.45, 7) is 6.93. The molecular formula is C26H31N3OS. The fourth-order valence-corrected chi connectivity index (χ4v) is 5.55. The van der Waals surface area contributed by atoms with E-state index < -0.39 is 10.8 Å².